The second-order valence-corrected chi connectivity index (χ2v) is 3.98. The number of nitrogens with zero attached hydrogens (tertiary/aromatic N) is 1. The number of hydrogen-bond donors (Lipinski definition) is 0. The van der Waals surface area contributed by atoms with E-state index in [4.69, 9.17) is 4.74 Å². The molecule has 2 aromatic rings. The van der Waals surface area contributed by atoms with Crippen molar-refractivity contribution in [3.63, 3.8) is 0 Å². The average molecular weight is 201 g/mol. The van der Waals surface area contributed by atoms with Crippen molar-refractivity contribution in [1.29, 1.82) is 0 Å². The van der Waals surface area contributed by atoms with E-state index in [9.17, 15) is 0 Å². The zero-order valence-corrected chi connectivity index (χ0v) is 9.32. The molecule has 15 heavy (non-hydrogen) atoms. The molecule has 0 radical (unpaired) electrons. The number of ether oxygens (including phenoxy) is 1. The summed E-state index contributed by atoms with van der Waals surface area (Å²) >= 11 is 0. The fraction of sp³-hybridized carbons (Fsp3) is 0.308. The largest absolute Gasteiger partial charge is 0.495 e. The van der Waals surface area contributed by atoms with Crippen LogP contribution in [0.1, 0.15) is 25.3 Å². The lowest BCUT2D eigenvalue weighted by molar-refractivity contribution is 0.414. The van der Waals surface area contributed by atoms with Crippen molar-refractivity contribution in [2.45, 2.75) is 19.8 Å². The van der Waals surface area contributed by atoms with Crippen LogP contribution in [0.15, 0.2) is 30.5 Å². The molecule has 1 aromatic carbocycles. The summed E-state index contributed by atoms with van der Waals surface area (Å²) in [5.41, 5.74) is 2.35. The van der Waals surface area contributed by atoms with Crippen LogP contribution in [0.3, 0.4) is 0 Å². The molecule has 0 spiro atoms. The van der Waals surface area contributed by atoms with E-state index in [2.05, 4.69) is 37.0 Å². The zero-order chi connectivity index (χ0) is 10.8. The van der Waals surface area contributed by atoms with E-state index in [0.29, 0.717) is 5.92 Å². The van der Waals surface area contributed by atoms with Crippen LogP contribution in [0.2, 0.25) is 0 Å². The molecule has 0 aliphatic heterocycles. The molecular formula is C13H15NO. The summed E-state index contributed by atoms with van der Waals surface area (Å²) in [6.45, 7) is 4.38. The third kappa shape index (κ3) is 1.94. The molecule has 0 N–H and O–H groups in total. The van der Waals surface area contributed by atoms with Gasteiger partial charge >= 0.3 is 0 Å². The summed E-state index contributed by atoms with van der Waals surface area (Å²) in [6.07, 6.45) is 1.75. The second kappa shape index (κ2) is 3.89. The van der Waals surface area contributed by atoms with E-state index in [1.54, 1.807) is 13.3 Å². The minimum atomic E-state index is 0.542. The van der Waals surface area contributed by atoms with E-state index in [1.807, 2.05) is 6.07 Å². The quantitative estimate of drug-likeness (QED) is 0.743. The Morgan fingerprint density at radius 1 is 1.20 bits per heavy atom. The maximum atomic E-state index is 5.16. The van der Waals surface area contributed by atoms with E-state index >= 15 is 0 Å². The lowest BCUT2D eigenvalue weighted by atomic mass is 10.0. The molecule has 1 aromatic heterocycles. The van der Waals surface area contributed by atoms with Crippen LogP contribution in [0, 0.1) is 0 Å². The highest BCUT2D eigenvalue weighted by Crippen LogP contribution is 2.22. The minimum Gasteiger partial charge on any atom is -0.495 e. The Morgan fingerprint density at radius 3 is 2.67 bits per heavy atom. The number of rotatable bonds is 2. The number of aromatic nitrogens is 1. The van der Waals surface area contributed by atoms with E-state index in [1.165, 1.54) is 5.56 Å². The molecule has 78 valence electrons. The van der Waals surface area contributed by atoms with Crippen molar-refractivity contribution in [3.05, 3.63) is 36.0 Å². The van der Waals surface area contributed by atoms with Crippen molar-refractivity contribution in [2.24, 2.45) is 0 Å². The van der Waals surface area contributed by atoms with Gasteiger partial charge in [0.15, 0.2) is 0 Å². The van der Waals surface area contributed by atoms with Crippen molar-refractivity contribution < 1.29 is 4.74 Å². The number of fused-ring (bicyclic) bond motifs is 1. The summed E-state index contributed by atoms with van der Waals surface area (Å²) in [5.74, 6) is 1.35. The summed E-state index contributed by atoms with van der Waals surface area (Å²) in [5, 5.41) is 1.14. The van der Waals surface area contributed by atoms with Crippen molar-refractivity contribution in [3.8, 4) is 5.75 Å². The molecule has 0 saturated heterocycles. The molecule has 1 heterocycles. The van der Waals surface area contributed by atoms with Gasteiger partial charge in [-0.2, -0.15) is 0 Å². The Kier molecular flexibility index (Phi) is 2.58. The zero-order valence-electron chi connectivity index (χ0n) is 9.32. The van der Waals surface area contributed by atoms with Gasteiger partial charge in [-0.25, -0.2) is 0 Å². The van der Waals surface area contributed by atoms with Crippen molar-refractivity contribution in [2.75, 3.05) is 7.11 Å². The Balaban J connectivity index is 2.57. The number of benzene rings is 1. The first-order valence-corrected chi connectivity index (χ1v) is 5.14. The van der Waals surface area contributed by atoms with E-state index < -0.39 is 0 Å². The Labute approximate surface area is 89.9 Å². The van der Waals surface area contributed by atoms with Gasteiger partial charge < -0.3 is 4.74 Å². The van der Waals surface area contributed by atoms with Crippen molar-refractivity contribution in [1.82, 2.24) is 4.98 Å². The fourth-order valence-corrected chi connectivity index (χ4v) is 1.60. The summed E-state index contributed by atoms with van der Waals surface area (Å²) in [6, 6.07) is 8.39. The van der Waals surface area contributed by atoms with Gasteiger partial charge in [-0.1, -0.05) is 19.9 Å². The summed E-state index contributed by atoms with van der Waals surface area (Å²) < 4.78 is 5.16. The van der Waals surface area contributed by atoms with Gasteiger partial charge in [0.05, 0.1) is 18.8 Å². The van der Waals surface area contributed by atoms with Crippen LogP contribution in [-0.2, 0) is 0 Å². The van der Waals surface area contributed by atoms with Gasteiger partial charge in [0.2, 0.25) is 0 Å². The monoisotopic (exact) mass is 201 g/mol. The molecule has 0 fully saturated rings. The summed E-state index contributed by atoms with van der Waals surface area (Å²) in [7, 11) is 1.66. The van der Waals surface area contributed by atoms with Gasteiger partial charge in [-0.15, -0.1) is 0 Å². The topological polar surface area (TPSA) is 22.1 Å². The number of hydrogen-bond acceptors (Lipinski definition) is 2. The highest BCUT2D eigenvalue weighted by atomic mass is 16.5. The molecule has 2 nitrogen and oxygen atoms in total. The summed E-state index contributed by atoms with van der Waals surface area (Å²) in [4.78, 5) is 4.33. The first kappa shape index (κ1) is 9.97. The molecule has 2 rings (SSSR count). The van der Waals surface area contributed by atoms with Gasteiger partial charge in [-0.05, 0) is 29.7 Å². The molecule has 0 atom stereocenters. The molecule has 0 amide bonds. The first-order chi connectivity index (χ1) is 7.20. The number of pyridine rings is 1. The predicted octanol–water partition coefficient (Wildman–Crippen LogP) is 3.37. The standard InChI is InChI=1S/C13H15NO/c1-9(2)10-4-5-13-11(6-10)7-12(15-3)8-14-13/h4-9H,1-3H3. The highest BCUT2D eigenvalue weighted by molar-refractivity contribution is 5.80. The van der Waals surface area contributed by atoms with E-state index in [-0.39, 0.29) is 0 Å². The smallest absolute Gasteiger partial charge is 0.137 e. The lowest BCUT2D eigenvalue weighted by Crippen LogP contribution is -1.89. The normalized spacial score (nSPS) is 10.9. The van der Waals surface area contributed by atoms with Crippen LogP contribution in [0.25, 0.3) is 10.9 Å². The van der Waals surface area contributed by atoms with Crippen LogP contribution in [0.4, 0.5) is 0 Å². The minimum absolute atomic E-state index is 0.542. The van der Waals surface area contributed by atoms with Gasteiger partial charge in [0.25, 0.3) is 0 Å². The van der Waals surface area contributed by atoms with Gasteiger partial charge in [0.1, 0.15) is 5.75 Å². The third-order valence-electron chi connectivity index (χ3n) is 2.58. The van der Waals surface area contributed by atoms with Gasteiger partial charge in [-0.3, -0.25) is 4.98 Å². The third-order valence-corrected chi connectivity index (χ3v) is 2.58. The van der Waals surface area contributed by atoms with Crippen molar-refractivity contribution >= 4 is 10.9 Å². The molecule has 0 aliphatic carbocycles. The molecular weight excluding hydrogens is 186 g/mol. The van der Waals surface area contributed by atoms with E-state index in [0.717, 1.165) is 16.7 Å². The van der Waals surface area contributed by atoms with Crippen LogP contribution >= 0.6 is 0 Å². The maximum Gasteiger partial charge on any atom is 0.137 e. The fourth-order valence-electron chi connectivity index (χ4n) is 1.60. The SMILES string of the molecule is COc1cnc2ccc(C(C)C)cc2c1. The van der Waals surface area contributed by atoms with Gasteiger partial charge in [0, 0.05) is 5.39 Å². The molecule has 0 saturated carbocycles. The number of methoxy groups -OCH3 is 1. The molecule has 0 bridgehead atoms. The second-order valence-electron chi connectivity index (χ2n) is 3.98. The molecule has 0 aliphatic rings. The Morgan fingerprint density at radius 2 is 2.00 bits per heavy atom. The van der Waals surface area contributed by atoms with Crippen LogP contribution < -0.4 is 4.74 Å². The Bertz CT molecular complexity index is 477. The maximum absolute atomic E-state index is 5.16. The van der Waals surface area contributed by atoms with Crippen LogP contribution in [0.5, 0.6) is 5.75 Å². The average Bonchev–Trinajstić information content (AvgIpc) is 2.27. The molecule has 0 unspecified atom stereocenters. The lowest BCUT2D eigenvalue weighted by Gasteiger charge is -2.07. The highest BCUT2D eigenvalue weighted by Gasteiger charge is 2.02. The molecule has 2 heteroatoms. The first-order valence-electron chi connectivity index (χ1n) is 5.14. The van der Waals surface area contributed by atoms with Crippen LogP contribution in [-0.4, -0.2) is 12.1 Å². The Hall–Kier alpha value is -1.57. The predicted molar refractivity (Wildman–Crippen MR) is 62.4 cm³/mol.